The first-order valence-corrected chi connectivity index (χ1v) is 11.3. The number of nitrogens with zero attached hydrogens (tertiary/aromatic N) is 3. The lowest BCUT2D eigenvalue weighted by Crippen LogP contribution is -2.49. The fraction of sp³-hybridized carbons (Fsp3) is 0.273. The van der Waals surface area contributed by atoms with Gasteiger partial charge < -0.3 is 0 Å². The molecule has 0 amide bonds. The van der Waals surface area contributed by atoms with Crippen LogP contribution >= 0.6 is 0 Å². The number of fused-ring (bicyclic) bond motifs is 1. The fourth-order valence-corrected chi connectivity index (χ4v) is 5.38. The van der Waals surface area contributed by atoms with Crippen molar-refractivity contribution in [3.8, 4) is 0 Å². The second kappa shape index (κ2) is 8.14. The van der Waals surface area contributed by atoms with Gasteiger partial charge in [-0.15, -0.1) is 0 Å². The highest BCUT2D eigenvalue weighted by Gasteiger charge is 2.31. The maximum absolute atomic E-state index is 12.9. The van der Waals surface area contributed by atoms with Gasteiger partial charge in [0.1, 0.15) is 0 Å². The lowest BCUT2D eigenvalue weighted by Gasteiger charge is -2.37. The van der Waals surface area contributed by atoms with E-state index in [9.17, 15) is 18.5 Å². The summed E-state index contributed by atoms with van der Waals surface area (Å²) >= 11 is 0. The van der Waals surface area contributed by atoms with Gasteiger partial charge >= 0.3 is 0 Å². The number of rotatable bonds is 5. The third-order valence-electron chi connectivity index (χ3n) is 5.74. The lowest BCUT2D eigenvalue weighted by molar-refractivity contribution is -0.385. The molecule has 0 spiro atoms. The predicted molar refractivity (Wildman–Crippen MR) is 116 cm³/mol. The second-order valence-corrected chi connectivity index (χ2v) is 9.42. The first kappa shape index (κ1) is 20.5. The van der Waals surface area contributed by atoms with Crippen molar-refractivity contribution in [2.45, 2.75) is 17.9 Å². The normalized spacial score (nSPS) is 17.1. The molecule has 1 saturated heterocycles. The molecule has 0 N–H and O–H groups in total. The van der Waals surface area contributed by atoms with E-state index in [1.807, 2.05) is 12.1 Å². The van der Waals surface area contributed by atoms with Crippen LogP contribution in [0.15, 0.2) is 71.6 Å². The van der Waals surface area contributed by atoms with Gasteiger partial charge in [0, 0.05) is 44.4 Å². The highest BCUT2D eigenvalue weighted by molar-refractivity contribution is 7.89. The molecule has 156 valence electrons. The molecule has 0 saturated carbocycles. The van der Waals surface area contributed by atoms with E-state index in [0.29, 0.717) is 26.2 Å². The average Bonchev–Trinajstić information content (AvgIpc) is 2.78. The van der Waals surface area contributed by atoms with Gasteiger partial charge in [-0.05, 0) is 35.4 Å². The zero-order valence-electron chi connectivity index (χ0n) is 16.6. The first-order chi connectivity index (χ1) is 14.4. The summed E-state index contributed by atoms with van der Waals surface area (Å²) in [4.78, 5) is 12.6. The zero-order valence-corrected chi connectivity index (χ0v) is 17.5. The van der Waals surface area contributed by atoms with E-state index in [-0.39, 0.29) is 16.6 Å². The van der Waals surface area contributed by atoms with E-state index in [2.05, 4.69) is 42.2 Å². The molecule has 1 atom stereocenters. The molecule has 1 fully saturated rings. The molecule has 0 bridgehead atoms. The monoisotopic (exact) mass is 425 g/mol. The van der Waals surface area contributed by atoms with Crippen molar-refractivity contribution in [3.63, 3.8) is 0 Å². The first-order valence-electron chi connectivity index (χ1n) is 9.83. The van der Waals surface area contributed by atoms with Crippen molar-refractivity contribution >= 4 is 26.5 Å². The fourth-order valence-electron chi connectivity index (χ4n) is 3.92. The Bertz CT molecular complexity index is 1190. The van der Waals surface area contributed by atoms with Gasteiger partial charge in [0.15, 0.2) is 0 Å². The largest absolute Gasteiger partial charge is 0.294 e. The third kappa shape index (κ3) is 3.94. The quantitative estimate of drug-likeness (QED) is 0.458. The summed E-state index contributed by atoms with van der Waals surface area (Å²) in [5, 5.41) is 13.4. The van der Waals surface area contributed by atoms with Crippen LogP contribution in [-0.2, 0) is 10.0 Å². The Hall–Kier alpha value is -2.81. The summed E-state index contributed by atoms with van der Waals surface area (Å²) in [6, 6.07) is 20.0. The van der Waals surface area contributed by atoms with Gasteiger partial charge in [0.25, 0.3) is 5.69 Å². The van der Waals surface area contributed by atoms with E-state index in [1.165, 1.54) is 38.8 Å². The number of nitro groups is 1. The number of sulfonamides is 1. The number of piperazine rings is 1. The summed E-state index contributed by atoms with van der Waals surface area (Å²) in [5.74, 6) is 0. The molecule has 3 aromatic carbocycles. The number of hydrogen-bond donors (Lipinski definition) is 0. The van der Waals surface area contributed by atoms with E-state index >= 15 is 0 Å². The third-order valence-corrected chi connectivity index (χ3v) is 7.64. The highest BCUT2D eigenvalue weighted by atomic mass is 32.2. The van der Waals surface area contributed by atoms with Crippen LogP contribution in [0.3, 0.4) is 0 Å². The van der Waals surface area contributed by atoms with Gasteiger partial charge in [0.05, 0.1) is 9.82 Å². The number of nitro benzene ring substituents is 1. The van der Waals surface area contributed by atoms with Crippen molar-refractivity contribution in [1.29, 1.82) is 0 Å². The van der Waals surface area contributed by atoms with Gasteiger partial charge in [-0.1, -0.05) is 42.5 Å². The summed E-state index contributed by atoms with van der Waals surface area (Å²) in [5.41, 5.74) is 0.975. The molecule has 3 aromatic rings. The molecular weight excluding hydrogens is 402 g/mol. The van der Waals surface area contributed by atoms with Crippen molar-refractivity contribution in [1.82, 2.24) is 9.21 Å². The van der Waals surface area contributed by atoms with Crippen molar-refractivity contribution in [2.75, 3.05) is 26.2 Å². The topological polar surface area (TPSA) is 83.8 Å². The van der Waals surface area contributed by atoms with Crippen molar-refractivity contribution < 1.29 is 13.3 Å². The number of hydrogen-bond acceptors (Lipinski definition) is 5. The van der Waals surface area contributed by atoms with Crippen molar-refractivity contribution in [2.24, 2.45) is 0 Å². The SMILES string of the molecule is CC(c1ccc2ccccc2c1)N1CCN(S(=O)(=O)c2cccc([N+](=O)[O-])c2)CC1. The van der Waals surface area contributed by atoms with Crippen LogP contribution in [0.4, 0.5) is 5.69 Å². The van der Waals surface area contributed by atoms with Crippen LogP contribution in [0.1, 0.15) is 18.5 Å². The van der Waals surface area contributed by atoms with Crippen LogP contribution in [0.5, 0.6) is 0 Å². The summed E-state index contributed by atoms with van der Waals surface area (Å²) in [7, 11) is -3.76. The van der Waals surface area contributed by atoms with Crippen LogP contribution in [-0.4, -0.2) is 48.7 Å². The van der Waals surface area contributed by atoms with Gasteiger partial charge in [-0.3, -0.25) is 15.0 Å². The summed E-state index contributed by atoms with van der Waals surface area (Å²) in [6.07, 6.45) is 0. The van der Waals surface area contributed by atoms with Gasteiger partial charge in [0.2, 0.25) is 10.0 Å². The molecule has 1 aliphatic heterocycles. The van der Waals surface area contributed by atoms with E-state index in [4.69, 9.17) is 0 Å². The van der Waals surface area contributed by atoms with E-state index in [1.54, 1.807) is 0 Å². The molecule has 7 nitrogen and oxygen atoms in total. The Morgan fingerprint density at radius 1 is 0.900 bits per heavy atom. The zero-order chi connectivity index (χ0) is 21.3. The van der Waals surface area contributed by atoms with Crippen LogP contribution in [0.25, 0.3) is 10.8 Å². The molecular formula is C22H23N3O4S. The smallest absolute Gasteiger partial charge is 0.270 e. The molecule has 1 aliphatic rings. The Kier molecular flexibility index (Phi) is 5.55. The van der Waals surface area contributed by atoms with E-state index < -0.39 is 14.9 Å². The summed E-state index contributed by atoms with van der Waals surface area (Å²) in [6.45, 7) is 4.03. The minimum atomic E-state index is -3.76. The van der Waals surface area contributed by atoms with Crippen LogP contribution in [0.2, 0.25) is 0 Å². The molecule has 1 heterocycles. The minimum Gasteiger partial charge on any atom is -0.294 e. The second-order valence-electron chi connectivity index (χ2n) is 7.48. The molecule has 0 aliphatic carbocycles. The van der Waals surface area contributed by atoms with Crippen molar-refractivity contribution in [3.05, 3.63) is 82.4 Å². The maximum Gasteiger partial charge on any atom is 0.270 e. The Labute approximate surface area is 175 Å². The Morgan fingerprint density at radius 2 is 1.60 bits per heavy atom. The van der Waals surface area contributed by atoms with Gasteiger partial charge in [-0.2, -0.15) is 4.31 Å². The van der Waals surface area contributed by atoms with Crippen LogP contribution in [0, 0.1) is 10.1 Å². The molecule has 8 heteroatoms. The number of benzene rings is 3. The van der Waals surface area contributed by atoms with Crippen LogP contribution < -0.4 is 0 Å². The lowest BCUT2D eigenvalue weighted by atomic mass is 10.0. The molecule has 1 unspecified atom stereocenters. The summed E-state index contributed by atoms with van der Waals surface area (Å²) < 4.78 is 27.3. The molecule has 0 aromatic heterocycles. The number of non-ortho nitro benzene ring substituents is 1. The molecule has 30 heavy (non-hydrogen) atoms. The predicted octanol–water partition coefficient (Wildman–Crippen LogP) is 3.82. The van der Waals surface area contributed by atoms with Gasteiger partial charge in [-0.25, -0.2) is 8.42 Å². The Balaban J connectivity index is 1.47. The maximum atomic E-state index is 12.9. The Morgan fingerprint density at radius 3 is 2.30 bits per heavy atom. The molecule has 0 radical (unpaired) electrons. The average molecular weight is 426 g/mol. The minimum absolute atomic E-state index is 0.0345. The molecule has 4 rings (SSSR count). The standard InChI is InChI=1S/C22H23N3O4S/c1-17(19-10-9-18-5-2-3-6-20(18)15-19)23-11-13-24(14-12-23)30(28,29)22-8-4-7-21(16-22)25(26)27/h2-10,15-17H,11-14H2,1H3. The highest BCUT2D eigenvalue weighted by Crippen LogP contribution is 2.27. The van der Waals surface area contributed by atoms with E-state index in [0.717, 1.165) is 6.07 Å².